The maximum absolute atomic E-state index is 12.2. The summed E-state index contributed by atoms with van der Waals surface area (Å²) in [6, 6.07) is 0. The summed E-state index contributed by atoms with van der Waals surface area (Å²) in [6.07, 6.45) is 0.611. The molecule has 1 saturated carbocycles. The maximum atomic E-state index is 12.2. The number of nitrogens with one attached hydrogen (secondary N) is 1. The van der Waals surface area contributed by atoms with Gasteiger partial charge in [-0.05, 0) is 31.6 Å². The Morgan fingerprint density at radius 1 is 1.05 bits per heavy atom. The van der Waals surface area contributed by atoms with Gasteiger partial charge in [0.05, 0.1) is 0 Å². The number of carbonyl (C=O) groups is 2. The molecule has 2 amide bonds. The number of likely N-dealkylation sites (tertiary alicyclic amines) is 1. The second-order valence-corrected chi connectivity index (χ2v) is 5.96. The van der Waals surface area contributed by atoms with Gasteiger partial charge in [0.15, 0.2) is 0 Å². The fourth-order valence-electron chi connectivity index (χ4n) is 3.13. The van der Waals surface area contributed by atoms with E-state index in [1.807, 2.05) is 10.2 Å². The van der Waals surface area contributed by atoms with Gasteiger partial charge >= 0.3 is 12.1 Å². The Morgan fingerprint density at radius 3 is 2.14 bits per heavy atom. The van der Waals surface area contributed by atoms with Crippen molar-refractivity contribution in [3.05, 3.63) is 0 Å². The third kappa shape index (κ3) is 4.35. The molecule has 7 heteroatoms. The maximum Gasteiger partial charge on any atom is 0.471 e. The molecule has 0 aromatic carbocycles. The highest BCUT2D eigenvalue weighted by atomic mass is 19.4. The molecule has 1 saturated heterocycles. The van der Waals surface area contributed by atoms with E-state index in [1.54, 1.807) is 0 Å². The largest absolute Gasteiger partial charge is 0.471 e. The lowest BCUT2D eigenvalue weighted by Crippen LogP contribution is -2.45. The van der Waals surface area contributed by atoms with Gasteiger partial charge in [0.25, 0.3) is 0 Å². The molecule has 1 aliphatic carbocycles. The number of amides is 2. The standard InChI is InChI=1S/C14H21F3N2O2/c15-14(16,17)13(21)18-9-10-5-7-19(8-6-10)12(20)11-3-1-2-4-11/h10-11H,1-9H2,(H,18,21). The van der Waals surface area contributed by atoms with Crippen molar-refractivity contribution in [2.75, 3.05) is 19.6 Å². The van der Waals surface area contributed by atoms with Crippen LogP contribution in [0, 0.1) is 11.8 Å². The van der Waals surface area contributed by atoms with Crippen LogP contribution in [0.1, 0.15) is 38.5 Å². The minimum atomic E-state index is -4.82. The smallest absolute Gasteiger partial charge is 0.348 e. The van der Waals surface area contributed by atoms with Crippen LogP contribution in [0.3, 0.4) is 0 Å². The number of hydrogen-bond acceptors (Lipinski definition) is 2. The Kier molecular flexibility index (Phi) is 5.11. The molecule has 0 spiro atoms. The minimum Gasteiger partial charge on any atom is -0.348 e. The van der Waals surface area contributed by atoms with E-state index in [-0.39, 0.29) is 24.3 Å². The molecule has 21 heavy (non-hydrogen) atoms. The molecule has 1 aliphatic heterocycles. The van der Waals surface area contributed by atoms with Gasteiger partial charge in [-0.25, -0.2) is 0 Å². The molecule has 0 atom stereocenters. The van der Waals surface area contributed by atoms with Gasteiger partial charge in [-0.2, -0.15) is 13.2 Å². The molecule has 0 radical (unpaired) electrons. The van der Waals surface area contributed by atoms with Crippen LogP contribution >= 0.6 is 0 Å². The highest BCUT2D eigenvalue weighted by Gasteiger charge is 2.39. The molecule has 2 aliphatic rings. The summed E-state index contributed by atoms with van der Waals surface area (Å²) in [5, 5.41) is 1.92. The van der Waals surface area contributed by atoms with Crippen molar-refractivity contribution in [3.8, 4) is 0 Å². The lowest BCUT2D eigenvalue weighted by Gasteiger charge is -2.33. The zero-order chi connectivity index (χ0) is 15.5. The van der Waals surface area contributed by atoms with E-state index >= 15 is 0 Å². The number of halogens is 3. The Labute approximate surface area is 122 Å². The molecule has 4 nitrogen and oxygen atoms in total. The second kappa shape index (κ2) is 6.66. The molecule has 0 aromatic heterocycles. The number of piperidine rings is 1. The summed E-state index contributed by atoms with van der Waals surface area (Å²) in [5.41, 5.74) is 0. The Bertz CT molecular complexity index is 384. The van der Waals surface area contributed by atoms with E-state index in [1.165, 1.54) is 0 Å². The predicted molar refractivity (Wildman–Crippen MR) is 70.3 cm³/mol. The molecule has 120 valence electrons. The molecular weight excluding hydrogens is 285 g/mol. The first-order valence-electron chi connectivity index (χ1n) is 7.51. The summed E-state index contributed by atoms with van der Waals surface area (Å²) in [7, 11) is 0. The van der Waals surface area contributed by atoms with Crippen LogP contribution < -0.4 is 5.32 Å². The molecule has 1 N–H and O–H groups in total. The average molecular weight is 306 g/mol. The topological polar surface area (TPSA) is 49.4 Å². The van der Waals surface area contributed by atoms with Crippen molar-refractivity contribution < 1.29 is 22.8 Å². The van der Waals surface area contributed by atoms with Gasteiger partial charge in [-0.1, -0.05) is 12.8 Å². The van der Waals surface area contributed by atoms with Crippen molar-refractivity contribution in [2.45, 2.75) is 44.7 Å². The van der Waals surface area contributed by atoms with E-state index in [0.717, 1.165) is 25.7 Å². The van der Waals surface area contributed by atoms with Gasteiger partial charge < -0.3 is 10.2 Å². The second-order valence-electron chi connectivity index (χ2n) is 5.96. The first kappa shape index (κ1) is 16.1. The van der Waals surface area contributed by atoms with Gasteiger partial charge in [0, 0.05) is 25.6 Å². The summed E-state index contributed by atoms with van der Waals surface area (Å²) >= 11 is 0. The van der Waals surface area contributed by atoms with E-state index in [0.29, 0.717) is 25.9 Å². The fourth-order valence-corrected chi connectivity index (χ4v) is 3.13. The van der Waals surface area contributed by atoms with E-state index in [9.17, 15) is 22.8 Å². The third-order valence-corrected chi connectivity index (χ3v) is 4.44. The highest BCUT2D eigenvalue weighted by Crippen LogP contribution is 2.28. The van der Waals surface area contributed by atoms with E-state index in [4.69, 9.17) is 0 Å². The van der Waals surface area contributed by atoms with E-state index in [2.05, 4.69) is 0 Å². The van der Waals surface area contributed by atoms with Gasteiger partial charge in [0.1, 0.15) is 0 Å². The summed E-state index contributed by atoms with van der Waals surface area (Å²) in [6.45, 7) is 1.20. The van der Waals surface area contributed by atoms with Crippen LogP contribution in [0.25, 0.3) is 0 Å². The zero-order valence-electron chi connectivity index (χ0n) is 11.9. The van der Waals surface area contributed by atoms with Crippen LogP contribution in [0.5, 0.6) is 0 Å². The Balaban J connectivity index is 1.71. The number of carbonyl (C=O) groups excluding carboxylic acids is 2. The number of alkyl halides is 3. The molecule has 2 fully saturated rings. The van der Waals surface area contributed by atoms with Gasteiger partial charge in [-0.3, -0.25) is 9.59 Å². The van der Waals surface area contributed by atoms with Gasteiger partial charge in [0.2, 0.25) is 5.91 Å². The van der Waals surface area contributed by atoms with Gasteiger partial charge in [-0.15, -0.1) is 0 Å². The van der Waals surface area contributed by atoms with Crippen LogP contribution in [-0.4, -0.2) is 42.5 Å². The fraction of sp³-hybridized carbons (Fsp3) is 0.857. The first-order valence-corrected chi connectivity index (χ1v) is 7.51. The van der Waals surface area contributed by atoms with Crippen molar-refractivity contribution in [1.29, 1.82) is 0 Å². The highest BCUT2D eigenvalue weighted by molar-refractivity contribution is 5.81. The van der Waals surface area contributed by atoms with Crippen LogP contribution in [0.4, 0.5) is 13.2 Å². The molecule has 0 unspecified atom stereocenters. The Morgan fingerprint density at radius 2 is 1.62 bits per heavy atom. The molecular formula is C14H21F3N2O2. The lowest BCUT2D eigenvalue weighted by atomic mass is 9.95. The van der Waals surface area contributed by atoms with Crippen molar-refractivity contribution in [2.24, 2.45) is 11.8 Å². The summed E-state index contributed by atoms with van der Waals surface area (Å²) < 4.78 is 36.2. The number of rotatable bonds is 3. The van der Waals surface area contributed by atoms with Crippen molar-refractivity contribution >= 4 is 11.8 Å². The first-order chi connectivity index (χ1) is 9.88. The average Bonchev–Trinajstić information content (AvgIpc) is 2.97. The van der Waals surface area contributed by atoms with Crippen molar-refractivity contribution in [3.63, 3.8) is 0 Å². The Hall–Kier alpha value is -1.27. The number of hydrogen-bond donors (Lipinski definition) is 1. The summed E-state index contributed by atoms with van der Waals surface area (Å²) in [4.78, 5) is 24.8. The summed E-state index contributed by atoms with van der Waals surface area (Å²) in [5.74, 6) is -1.52. The molecule has 2 rings (SSSR count). The lowest BCUT2D eigenvalue weighted by molar-refractivity contribution is -0.173. The van der Waals surface area contributed by atoms with E-state index < -0.39 is 12.1 Å². The molecule has 1 heterocycles. The molecule has 0 bridgehead atoms. The molecule has 0 aromatic rings. The SMILES string of the molecule is O=C(C1CCCC1)N1CCC(CNC(=O)C(F)(F)F)CC1. The quantitative estimate of drug-likeness (QED) is 0.868. The monoisotopic (exact) mass is 306 g/mol. The van der Waals surface area contributed by atoms with Crippen LogP contribution in [0.15, 0.2) is 0 Å². The van der Waals surface area contributed by atoms with Crippen LogP contribution in [0.2, 0.25) is 0 Å². The zero-order valence-corrected chi connectivity index (χ0v) is 11.9. The normalized spacial score (nSPS) is 21.6. The minimum absolute atomic E-state index is 0.0175. The number of nitrogens with zero attached hydrogens (tertiary/aromatic N) is 1. The van der Waals surface area contributed by atoms with Crippen LogP contribution in [-0.2, 0) is 9.59 Å². The third-order valence-electron chi connectivity index (χ3n) is 4.44. The predicted octanol–water partition coefficient (Wildman–Crippen LogP) is 2.09. The van der Waals surface area contributed by atoms with Crippen molar-refractivity contribution in [1.82, 2.24) is 10.2 Å².